The summed E-state index contributed by atoms with van der Waals surface area (Å²) in [4.78, 5) is 15.8. The third-order valence-corrected chi connectivity index (χ3v) is 3.48. The molecule has 22 heavy (non-hydrogen) atoms. The van der Waals surface area contributed by atoms with Crippen LogP contribution in [0.3, 0.4) is 0 Å². The zero-order chi connectivity index (χ0) is 15.9. The number of amides is 1. The van der Waals surface area contributed by atoms with Crippen LogP contribution in [0.2, 0.25) is 5.02 Å². The molecule has 1 heterocycles. The predicted octanol–water partition coefficient (Wildman–Crippen LogP) is 4.30. The molecule has 0 aliphatic rings. The van der Waals surface area contributed by atoms with Crippen LogP contribution < -0.4 is 5.32 Å². The number of aromatic nitrogens is 1. The molecule has 0 radical (unpaired) electrons. The Morgan fingerprint density at radius 1 is 1.27 bits per heavy atom. The fourth-order valence-corrected chi connectivity index (χ4v) is 2.12. The van der Waals surface area contributed by atoms with Crippen molar-refractivity contribution < 1.29 is 4.79 Å². The van der Waals surface area contributed by atoms with E-state index in [-0.39, 0.29) is 5.91 Å². The number of nitrogens with zero attached hydrogens (tertiary/aromatic N) is 1. The number of nitrogens with one attached hydrogen (secondary N) is 1. The second kappa shape index (κ2) is 7.76. The van der Waals surface area contributed by atoms with Gasteiger partial charge in [-0.05, 0) is 29.2 Å². The van der Waals surface area contributed by atoms with Gasteiger partial charge in [0.05, 0.1) is 0 Å². The maximum absolute atomic E-state index is 11.9. The number of rotatable bonds is 5. The molecule has 114 valence electrons. The summed E-state index contributed by atoms with van der Waals surface area (Å²) in [5.74, 6) is 0.296. The molecule has 2 aromatic rings. The van der Waals surface area contributed by atoms with Gasteiger partial charge in [-0.25, -0.2) is 0 Å². The van der Waals surface area contributed by atoms with Crippen LogP contribution in [-0.2, 0) is 0 Å². The molecule has 0 aliphatic carbocycles. The average Bonchev–Trinajstić information content (AvgIpc) is 2.51. The lowest BCUT2D eigenvalue weighted by atomic mass is 10.0. The number of carbonyl (C=O) groups excluding carboxylic acids is 1. The van der Waals surface area contributed by atoms with Crippen molar-refractivity contribution in [1.29, 1.82) is 0 Å². The fraction of sp³-hybridized carbons (Fsp3) is 0.222. The molecule has 1 amide bonds. The minimum atomic E-state index is -0.234. The number of benzene rings is 1. The topological polar surface area (TPSA) is 42.0 Å². The van der Waals surface area contributed by atoms with Crippen LogP contribution in [-0.4, -0.2) is 17.4 Å². The van der Waals surface area contributed by atoms with Gasteiger partial charge >= 0.3 is 0 Å². The normalized spacial score (nSPS) is 11.1. The highest BCUT2D eigenvalue weighted by Crippen LogP contribution is 2.15. The quantitative estimate of drug-likeness (QED) is 0.894. The van der Waals surface area contributed by atoms with Gasteiger partial charge in [-0.3, -0.25) is 9.78 Å². The van der Waals surface area contributed by atoms with E-state index in [1.165, 1.54) is 11.8 Å². The van der Waals surface area contributed by atoms with Crippen molar-refractivity contribution in [1.82, 2.24) is 10.3 Å². The molecule has 3 nitrogen and oxygen atoms in total. The van der Waals surface area contributed by atoms with E-state index in [9.17, 15) is 4.79 Å². The molecule has 1 aromatic carbocycles. The zero-order valence-electron chi connectivity index (χ0n) is 12.7. The molecule has 0 saturated carbocycles. The summed E-state index contributed by atoms with van der Waals surface area (Å²) in [7, 11) is 0. The SMILES string of the molecule is CC(C)c1ccc(/C=C\CNC(=O)c2cc(Cl)ccn2)cc1. The highest BCUT2D eigenvalue weighted by Gasteiger charge is 2.05. The van der Waals surface area contributed by atoms with E-state index in [1.807, 2.05) is 12.2 Å². The van der Waals surface area contributed by atoms with E-state index in [4.69, 9.17) is 11.6 Å². The monoisotopic (exact) mass is 314 g/mol. The molecule has 0 saturated heterocycles. The minimum Gasteiger partial charge on any atom is -0.347 e. The lowest BCUT2D eigenvalue weighted by Gasteiger charge is -2.05. The van der Waals surface area contributed by atoms with E-state index < -0.39 is 0 Å². The standard InChI is InChI=1S/C18H19ClN2O/c1-13(2)15-7-5-14(6-8-15)4-3-10-21-18(22)17-12-16(19)9-11-20-17/h3-9,11-13H,10H2,1-2H3,(H,21,22)/b4-3-. The fourth-order valence-electron chi connectivity index (χ4n) is 1.96. The number of pyridine rings is 1. The van der Waals surface area contributed by atoms with Gasteiger partial charge in [0.1, 0.15) is 5.69 Å². The van der Waals surface area contributed by atoms with Crippen molar-refractivity contribution in [2.75, 3.05) is 6.54 Å². The molecule has 0 aliphatic heterocycles. The second-order valence-corrected chi connectivity index (χ2v) is 5.73. The summed E-state index contributed by atoms with van der Waals surface area (Å²) < 4.78 is 0. The van der Waals surface area contributed by atoms with E-state index in [2.05, 4.69) is 48.4 Å². The van der Waals surface area contributed by atoms with Crippen molar-refractivity contribution in [3.8, 4) is 0 Å². The lowest BCUT2D eigenvalue weighted by molar-refractivity contribution is 0.0953. The van der Waals surface area contributed by atoms with E-state index in [0.717, 1.165) is 5.56 Å². The van der Waals surface area contributed by atoms with Gasteiger partial charge < -0.3 is 5.32 Å². The predicted molar refractivity (Wildman–Crippen MR) is 91.1 cm³/mol. The Kier molecular flexibility index (Phi) is 5.73. The van der Waals surface area contributed by atoms with Crippen LogP contribution in [0.4, 0.5) is 0 Å². The second-order valence-electron chi connectivity index (χ2n) is 5.29. The number of hydrogen-bond acceptors (Lipinski definition) is 2. The molecule has 0 spiro atoms. The maximum Gasteiger partial charge on any atom is 0.270 e. The summed E-state index contributed by atoms with van der Waals surface area (Å²) in [6.45, 7) is 4.79. The molecule has 0 atom stereocenters. The molecule has 0 unspecified atom stereocenters. The van der Waals surface area contributed by atoms with Gasteiger partial charge in [0.25, 0.3) is 5.91 Å². The van der Waals surface area contributed by atoms with Crippen LogP contribution in [0.25, 0.3) is 6.08 Å². The summed E-state index contributed by atoms with van der Waals surface area (Å²) in [6.07, 6.45) is 5.41. The van der Waals surface area contributed by atoms with Crippen molar-refractivity contribution in [3.63, 3.8) is 0 Å². The minimum absolute atomic E-state index is 0.234. The maximum atomic E-state index is 11.9. The number of carbonyl (C=O) groups is 1. The van der Waals surface area contributed by atoms with Gasteiger partial charge in [-0.2, -0.15) is 0 Å². The summed E-state index contributed by atoms with van der Waals surface area (Å²) in [5, 5.41) is 3.28. The van der Waals surface area contributed by atoms with E-state index in [1.54, 1.807) is 12.1 Å². The average molecular weight is 315 g/mol. The van der Waals surface area contributed by atoms with Crippen molar-refractivity contribution >= 4 is 23.6 Å². The van der Waals surface area contributed by atoms with Gasteiger partial charge in [-0.1, -0.05) is 61.9 Å². The van der Waals surface area contributed by atoms with Crippen LogP contribution >= 0.6 is 11.6 Å². The molecule has 0 fully saturated rings. The molecule has 2 rings (SSSR count). The Morgan fingerprint density at radius 3 is 2.64 bits per heavy atom. The lowest BCUT2D eigenvalue weighted by Crippen LogP contribution is -2.24. The Hall–Kier alpha value is -2.13. The van der Waals surface area contributed by atoms with Crippen molar-refractivity contribution in [2.24, 2.45) is 0 Å². The third kappa shape index (κ3) is 4.71. The molecular formula is C18H19ClN2O. The van der Waals surface area contributed by atoms with Gasteiger partial charge in [0.15, 0.2) is 0 Å². The first-order chi connectivity index (χ1) is 10.6. The molecule has 0 bridgehead atoms. The summed E-state index contributed by atoms with van der Waals surface area (Å²) in [5.41, 5.74) is 2.75. The van der Waals surface area contributed by atoms with Crippen LogP contribution in [0, 0.1) is 0 Å². The van der Waals surface area contributed by atoms with Gasteiger partial charge in [-0.15, -0.1) is 0 Å². The van der Waals surface area contributed by atoms with Crippen molar-refractivity contribution in [3.05, 3.63) is 70.5 Å². The van der Waals surface area contributed by atoms with Crippen LogP contribution in [0.5, 0.6) is 0 Å². The van der Waals surface area contributed by atoms with E-state index >= 15 is 0 Å². The Balaban J connectivity index is 1.86. The van der Waals surface area contributed by atoms with Gasteiger partial charge in [0, 0.05) is 17.8 Å². The first-order valence-corrected chi connectivity index (χ1v) is 7.60. The smallest absolute Gasteiger partial charge is 0.270 e. The first-order valence-electron chi connectivity index (χ1n) is 7.22. The molecule has 1 N–H and O–H groups in total. The zero-order valence-corrected chi connectivity index (χ0v) is 13.5. The Bertz CT molecular complexity index is 663. The molecular weight excluding hydrogens is 296 g/mol. The largest absolute Gasteiger partial charge is 0.347 e. The number of halogens is 1. The first kappa shape index (κ1) is 16.2. The van der Waals surface area contributed by atoms with Crippen molar-refractivity contribution in [2.45, 2.75) is 19.8 Å². The molecule has 4 heteroatoms. The van der Waals surface area contributed by atoms with E-state index in [0.29, 0.717) is 23.2 Å². The highest BCUT2D eigenvalue weighted by molar-refractivity contribution is 6.30. The Labute approximate surface area is 136 Å². The number of hydrogen-bond donors (Lipinski definition) is 1. The highest BCUT2D eigenvalue weighted by atomic mass is 35.5. The summed E-state index contributed by atoms with van der Waals surface area (Å²) >= 11 is 5.83. The van der Waals surface area contributed by atoms with Crippen LogP contribution in [0.1, 0.15) is 41.4 Å². The third-order valence-electron chi connectivity index (χ3n) is 3.25. The van der Waals surface area contributed by atoms with Gasteiger partial charge in [0.2, 0.25) is 0 Å². The van der Waals surface area contributed by atoms with Crippen LogP contribution in [0.15, 0.2) is 48.7 Å². The summed E-state index contributed by atoms with van der Waals surface area (Å²) in [6, 6.07) is 11.6. The Morgan fingerprint density at radius 2 is 2.00 bits per heavy atom. The molecule has 1 aromatic heterocycles.